The van der Waals surface area contributed by atoms with Gasteiger partial charge in [0.05, 0.1) is 0 Å². The van der Waals surface area contributed by atoms with E-state index in [-0.39, 0.29) is 5.91 Å². The van der Waals surface area contributed by atoms with Gasteiger partial charge in [-0.15, -0.1) is 0 Å². The summed E-state index contributed by atoms with van der Waals surface area (Å²) in [5.41, 5.74) is 1.24. The van der Waals surface area contributed by atoms with E-state index in [2.05, 4.69) is 36.5 Å². The van der Waals surface area contributed by atoms with Gasteiger partial charge in [0.1, 0.15) is 5.69 Å². The van der Waals surface area contributed by atoms with Crippen molar-refractivity contribution in [2.24, 2.45) is 0 Å². The van der Waals surface area contributed by atoms with Crippen LogP contribution in [0.5, 0.6) is 0 Å². The summed E-state index contributed by atoms with van der Waals surface area (Å²) in [6.45, 7) is 0. The summed E-state index contributed by atoms with van der Waals surface area (Å²) in [6, 6.07) is 9.61. The molecule has 102 valence electrons. The molecule has 0 saturated heterocycles. The number of halogens is 1. The molecule has 1 aliphatic rings. The summed E-state index contributed by atoms with van der Waals surface area (Å²) in [5, 5.41) is 5.98. The van der Waals surface area contributed by atoms with Crippen LogP contribution in [-0.4, -0.2) is 21.9 Å². The highest BCUT2D eigenvalue weighted by atomic mass is 79.9. The summed E-state index contributed by atoms with van der Waals surface area (Å²) in [6.07, 6.45) is 3.69. The molecule has 5 nitrogen and oxygen atoms in total. The molecule has 0 aliphatic heterocycles. The Morgan fingerprint density at radius 1 is 1.30 bits per heavy atom. The van der Waals surface area contributed by atoms with E-state index in [0.29, 0.717) is 17.7 Å². The summed E-state index contributed by atoms with van der Waals surface area (Å²) in [7, 11) is 0. The lowest BCUT2D eigenvalue weighted by Gasteiger charge is -2.07. The highest BCUT2D eigenvalue weighted by Crippen LogP contribution is 2.20. The van der Waals surface area contributed by atoms with Gasteiger partial charge in [0.2, 0.25) is 5.95 Å². The molecule has 2 aromatic rings. The van der Waals surface area contributed by atoms with E-state index in [1.165, 1.54) is 0 Å². The Kier molecular flexibility index (Phi) is 3.64. The van der Waals surface area contributed by atoms with Crippen LogP contribution in [0.15, 0.2) is 41.0 Å². The third kappa shape index (κ3) is 3.33. The van der Waals surface area contributed by atoms with E-state index in [0.717, 1.165) is 23.0 Å². The highest BCUT2D eigenvalue weighted by molar-refractivity contribution is 9.10. The average Bonchev–Trinajstić information content (AvgIpc) is 3.23. The molecular weight excluding hydrogens is 320 g/mol. The second kappa shape index (κ2) is 5.58. The maximum atomic E-state index is 11.9. The molecule has 0 spiro atoms. The molecule has 3 rings (SSSR count). The van der Waals surface area contributed by atoms with Gasteiger partial charge in [0.25, 0.3) is 5.91 Å². The van der Waals surface area contributed by atoms with Crippen LogP contribution in [0, 0.1) is 0 Å². The Morgan fingerprint density at radius 2 is 2.15 bits per heavy atom. The van der Waals surface area contributed by atoms with Crippen molar-refractivity contribution < 1.29 is 4.79 Å². The second-order valence-corrected chi connectivity index (χ2v) is 5.56. The van der Waals surface area contributed by atoms with Crippen molar-refractivity contribution in [3.05, 3.63) is 46.7 Å². The molecule has 1 fully saturated rings. The van der Waals surface area contributed by atoms with Gasteiger partial charge in [-0.2, -0.15) is 0 Å². The average molecular weight is 333 g/mol. The topological polar surface area (TPSA) is 66.9 Å². The van der Waals surface area contributed by atoms with Gasteiger partial charge in [-0.25, -0.2) is 9.97 Å². The normalized spacial score (nSPS) is 13.8. The van der Waals surface area contributed by atoms with Crippen molar-refractivity contribution in [2.45, 2.75) is 18.9 Å². The van der Waals surface area contributed by atoms with Crippen molar-refractivity contribution in [1.82, 2.24) is 15.3 Å². The van der Waals surface area contributed by atoms with Crippen LogP contribution in [0.25, 0.3) is 0 Å². The molecule has 1 aliphatic carbocycles. The zero-order valence-electron chi connectivity index (χ0n) is 10.6. The number of nitrogens with zero attached hydrogens (tertiary/aromatic N) is 2. The number of carbonyl (C=O) groups excluding carboxylic acids is 1. The molecular formula is C14H13BrN4O. The largest absolute Gasteiger partial charge is 0.348 e. The Labute approximate surface area is 125 Å². The first kappa shape index (κ1) is 13.1. The van der Waals surface area contributed by atoms with Crippen LogP contribution in [0.3, 0.4) is 0 Å². The monoisotopic (exact) mass is 332 g/mol. The lowest BCUT2D eigenvalue weighted by Crippen LogP contribution is -2.26. The fourth-order valence-corrected chi connectivity index (χ4v) is 2.13. The lowest BCUT2D eigenvalue weighted by molar-refractivity contribution is 0.0946. The number of carbonyl (C=O) groups is 1. The van der Waals surface area contributed by atoms with Gasteiger partial charge in [-0.05, 0) is 37.1 Å². The summed E-state index contributed by atoms with van der Waals surface area (Å²) in [4.78, 5) is 20.3. The second-order valence-electron chi connectivity index (χ2n) is 4.65. The van der Waals surface area contributed by atoms with Gasteiger partial charge in [-0.1, -0.05) is 22.0 Å². The minimum Gasteiger partial charge on any atom is -0.348 e. The summed E-state index contributed by atoms with van der Waals surface area (Å²) < 4.78 is 0.963. The number of benzene rings is 1. The van der Waals surface area contributed by atoms with E-state index in [1.807, 2.05) is 24.3 Å². The van der Waals surface area contributed by atoms with Gasteiger partial charge in [0.15, 0.2) is 0 Å². The zero-order chi connectivity index (χ0) is 13.9. The Hall–Kier alpha value is -1.95. The van der Waals surface area contributed by atoms with Crippen molar-refractivity contribution in [3.8, 4) is 0 Å². The van der Waals surface area contributed by atoms with Crippen molar-refractivity contribution in [3.63, 3.8) is 0 Å². The molecule has 1 aromatic carbocycles. The van der Waals surface area contributed by atoms with E-state index in [1.54, 1.807) is 12.3 Å². The first-order chi connectivity index (χ1) is 9.70. The number of anilines is 2. The third-order valence-electron chi connectivity index (χ3n) is 2.88. The molecule has 2 N–H and O–H groups in total. The molecule has 0 radical (unpaired) electrons. The fraction of sp³-hybridized carbons (Fsp3) is 0.214. The molecule has 1 amide bonds. The minimum absolute atomic E-state index is 0.146. The summed E-state index contributed by atoms with van der Waals surface area (Å²) >= 11 is 3.40. The maximum absolute atomic E-state index is 11.9. The smallest absolute Gasteiger partial charge is 0.270 e. The fourth-order valence-electron chi connectivity index (χ4n) is 1.73. The Bertz CT molecular complexity index is 643. The van der Waals surface area contributed by atoms with Gasteiger partial charge in [-0.3, -0.25) is 4.79 Å². The quantitative estimate of drug-likeness (QED) is 0.903. The third-order valence-corrected chi connectivity index (χ3v) is 3.37. The number of aromatic nitrogens is 2. The van der Waals surface area contributed by atoms with Crippen molar-refractivity contribution in [1.29, 1.82) is 0 Å². The van der Waals surface area contributed by atoms with Crippen LogP contribution in [0.4, 0.5) is 11.6 Å². The Morgan fingerprint density at radius 3 is 2.90 bits per heavy atom. The predicted molar refractivity (Wildman–Crippen MR) is 79.9 cm³/mol. The van der Waals surface area contributed by atoms with E-state index in [9.17, 15) is 4.79 Å². The molecule has 1 heterocycles. The number of amides is 1. The number of rotatable bonds is 4. The van der Waals surface area contributed by atoms with E-state index in [4.69, 9.17) is 0 Å². The lowest BCUT2D eigenvalue weighted by atomic mass is 10.3. The van der Waals surface area contributed by atoms with Gasteiger partial charge < -0.3 is 10.6 Å². The van der Waals surface area contributed by atoms with E-state index >= 15 is 0 Å². The predicted octanol–water partition coefficient (Wildman–Crippen LogP) is 2.87. The van der Waals surface area contributed by atoms with Crippen LogP contribution < -0.4 is 10.6 Å². The molecule has 0 atom stereocenters. The highest BCUT2D eigenvalue weighted by Gasteiger charge is 2.24. The Balaban J connectivity index is 1.75. The number of hydrogen-bond donors (Lipinski definition) is 2. The van der Waals surface area contributed by atoms with E-state index < -0.39 is 0 Å². The van der Waals surface area contributed by atoms with Gasteiger partial charge in [0, 0.05) is 22.4 Å². The minimum atomic E-state index is -0.146. The van der Waals surface area contributed by atoms with Crippen LogP contribution in [0.2, 0.25) is 0 Å². The first-order valence-electron chi connectivity index (χ1n) is 6.37. The number of nitrogens with one attached hydrogen (secondary N) is 2. The molecule has 1 aromatic heterocycles. The molecule has 0 unspecified atom stereocenters. The van der Waals surface area contributed by atoms with Crippen molar-refractivity contribution in [2.75, 3.05) is 5.32 Å². The van der Waals surface area contributed by atoms with Crippen LogP contribution in [-0.2, 0) is 0 Å². The van der Waals surface area contributed by atoms with Crippen LogP contribution >= 0.6 is 15.9 Å². The molecule has 6 heteroatoms. The molecule has 0 bridgehead atoms. The standard InChI is InChI=1S/C14H13BrN4O/c15-9-2-1-3-11(8-9)18-14-16-7-6-12(19-14)13(20)17-10-4-5-10/h1-3,6-8,10H,4-5H2,(H,17,20)(H,16,18,19). The molecule has 20 heavy (non-hydrogen) atoms. The number of hydrogen-bond acceptors (Lipinski definition) is 4. The zero-order valence-corrected chi connectivity index (χ0v) is 12.2. The maximum Gasteiger partial charge on any atom is 0.270 e. The SMILES string of the molecule is O=C(NC1CC1)c1ccnc(Nc2cccc(Br)c2)n1. The van der Waals surface area contributed by atoms with Crippen molar-refractivity contribution >= 4 is 33.5 Å². The summed E-state index contributed by atoms with van der Waals surface area (Å²) in [5.74, 6) is 0.263. The first-order valence-corrected chi connectivity index (χ1v) is 7.16. The van der Waals surface area contributed by atoms with Crippen LogP contribution in [0.1, 0.15) is 23.3 Å². The molecule has 1 saturated carbocycles. The van der Waals surface area contributed by atoms with Gasteiger partial charge >= 0.3 is 0 Å².